The molecule has 1 aromatic rings. The van der Waals surface area contributed by atoms with Gasteiger partial charge in [-0.1, -0.05) is 18.2 Å². The maximum absolute atomic E-state index is 12.5. The number of hydrogen-bond acceptors (Lipinski definition) is 3. The van der Waals surface area contributed by atoms with Gasteiger partial charge in [0.05, 0.1) is 6.54 Å². The molecule has 1 saturated heterocycles. The number of carbonyl (C=O) groups is 1. The normalized spacial score (nSPS) is 22.2. The van der Waals surface area contributed by atoms with E-state index in [1.165, 1.54) is 5.56 Å². The van der Waals surface area contributed by atoms with Crippen LogP contribution < -0.4 is 4.90 Å². The van der Waals surface area contributed by atoms with Gasteiger partial charge < -0.3 is 10.0 Å². The average molecular weight is 274 g/mol. The van der Waals surface area contributed by atoms with Gasteiger partial charge in [0.2, 0.25) is 5.91 Å². The first-order valence-corrected chi connectivity index (χ1v) is 7.49. The van der Waals surface area contributed by atoms with Crippen LogP contribution in [0.4, 0.5) is 5.69 Å². The Labute approximate surface area is 120 Å². The van der Waals surface area contributed by atoms with Crippen molar-refractivity contribution in [2.45, 2.75) is 19.3 Å². The SMILES string of the molecule is O=C(CN1CCC(CCO)C1)N1CCc2ccccc21. The number of aliphatic hydroxyl groups excluding tert-OH is 1. The number of rotatable bonds is 4. The molecule has 1 atom stereocenters. The molecule has 1 aromatic carbocycles. The summed E-state index contributed by atoms with van der Waals surface area (Å²) in [5.74, 6) is 0.762. The predicted molar refractivity (Wildman–Crippen MR) is 78.7 cm³/mol. The fourth-order valence-electron chi connectivity index (χ4n) is 3.35. The molecule has 2 aliphatic heterocycles. The largest absolute Gasteiger partial charge is 0.396 e. The summed E-state index contributed by atoms with van der Waals surface area (Å²) in [7, 11) is 0. The van der Waals surface area contributed by atoms with E-state index in [0.29, 0.717) is 12.5 Å². The number of nitrogens with zero attached hydrogens (tertiary/aromatic N) is 2. The lowest BCUT2D eigenvalue weighted by Gasteiger charge is -2.21. The van der Waals surface area contributed by atoms with Gasteiger partial charge in [-0.3, -0.25) is 9.69 Å². The molecule has 0 aliphatic carbocycles. The van der Waals surface area contributed by atoms with Crippen LogP contribution in [0.25, 0.3) is 0 Å². The molecule has 1 amide bonds. The highest BCUT2D eigenvalue weighted by Crippen LogP contribution is 2.28. The average Bonchev–Trinajstić information content (AvgIpc) is 3.06. The quantitative estimate of drug-likeness (QED) is 0.899. The minimum Gasteiger partial charge on any atom is -0.396 e. The van der Waals surface area contributed by atoms with Crippen molar-refractivity contribution in [1.82, 2.24) is 4.90 Å². The van der Waals surface area contributed by atoms with Crippen molar-refractivity contribution in [3.05, 3.63) is 29.8 Å². The van der Waals surface area contributed by atoms with E-state index in [4.69, 9.17) is 5.11 Å². The third-order valence-corrected chi connectivity index (χ3v) is 4.45. The van der Waals surface area contributed by atoms with Crippen molar-refractivity contribution in [1.29, 1.82) is 0 Å². The first-order valence-electron chi connectivity index (χ1n) is 7.49. The second-order valence-corrected chi connectivity index (χ2v) is 5.83. The summed E-state index contributed by atoms with van der Waals surface area (Å²) in [6, 6.07) is 8.18. The topological polar surface area (TPSA) is 43.8 Å². The number of anilines is 1. The van der Waals surface area contributed by atoms with Crippen molar-refractivity contribution in [2.75, 3.05) is 37.7 Å². The van der Waals surface area contributed by atoms with Crippen LogP contribution >= 0.6 is 0 Å². The number of aliphatic hydroxyl groups is 1. The highest BCUT2D eigenvalue weighted by molar-refractivity contribution is 5.96. The van der Waals surface area contributed by atoms with Gasteiger partial charge in [-0.2, -0.15) is 0 Å². The summed E-state index contributed by atoms with van der Waals surface area (Å²) in [5, 5.41) is 8.98. The first kappa shape index (κ1) is 13.6. The van der Waals surface area contributed by atoms with Crippen molar-refractivity contribution >= 4 is 11.6 Å². The van der Waals surface area contributed by atoms with Gasteiger partial charge in [-0.15, -0.1) is 0 Å². The van der Waals surface area contributed by atoms with Crippen LogP contribution in [0.3, 0.4) is 0 Å². The highest BCUT2D eigenvalue weighted by Gasteiger charge is 2.28. The Bertz CT molecular complexity index is 489. The van der Waals surface area contributed by atoms with E-state index in [9.17, 15) is 4.79 Å². The molecule has 3 rings (SSSR count). The highest BCUT2D eigenvalue weighted by atomic mass is 16.3. The van der Waals surface area contributed by atoms with Crippen molar-refractivity contribution in [2.24, 2.45) is 5.92 Å². The first-order chi connectivity index (χ1) is 9.78. The van der Waals surface area contributed by atoms with E-state index in [1.54, 1.807) is 0 Å². The third-order valence-electron chi connectivity index (χ3n) is 4.45. The second-order valence-electron chi connectivity index (χ2n) is 5.83. The number of amides is 1. The summed E-state index contributed by atoms with van der Waals surface area (Å²) >= 11 is 0. The lowest BCUT2D eigenvalue weighted by molar-refractivity contribution is -0.119. The summed E-state index contributed by atoms with van der Waals surface area (Å²) < 4.78 is 0. The summed E-state index contributed by atoms with van der Waals surface area (Å²) in [6.45, 7) is 3.50. The lowest BCUT2D eigenvalue weighted by atomic mass is 10.1. The molecule has 108 valence electrons. The zero-order chi connectivity index (χ0) is 13.9. The molecule has 0 saturated carbocycles. The molecule has 4 nitrogen and oxygen atoms in total. The Morgan fingerprint density at radius 1 is 1.30 bits per heavy atom. The molecule has 1 N–H and O–H groups in total. The fourth-order valence-corrected chi connectivity index (χ4v) is 3.35. The number of hydrogen-bond donors (Lipinski definition) is 1. The van der Waals surface area contributed by atoms with Gasteiger partial charge in [-0.05, 0) is 43.4 Å². The van der Waals surface area contributed by atoms with E-state index in [0.717, 1.165) is 44.6 Å². The zero-order valence-corrected chi connectivity index (χ0v) is 11.8. The van der Waals surface area contributed by atoms with E-state index in [1.807, 2.05) is 23.1 Å². The molecule has 0 bridgehead atoms. The number of fused-ring (bicyclic) bond motifs is 1. The van der Waals surface area contributed by atoms with Gasteiger partial charge in [0.25, 0.3) is 0 Å². The third kappa shape index (κ3) is 2.72. The minimum atomic E-state index is 0.208. The monoisotopic (exact) mass is 274 g/mol. The summed E-state index contributed by atoms with van der Waals surface area (Å²) in [4.78, 5) is 16.6. The molecule has 20 heavy (non-hydrogen) atoms. The Kier molecular flexibility index (Phi) is 4.03. The van der Waals surface area contributed by atoms with Gasteiger partial charge >= 0.3 is 0 Å². The van der Waals surface area contributed by atoms with Crippen LogP contribution in [0.5, 0.6) is 0 Å². The molecule has 4 heteroatoms. The van der Waals surface area contributed by atoms with Crippen molar-refractivity contribution < 1.29 is 9.90 Å². The number of likely N-dealkylation sites (tertiary alicyclic amines) is 1. The summed E-state index contributed by atoms with van der Waals surface area (Å²) in [6.07, 6.45) is 2.93. The number of carbonyl (C=O) groups excluding carboxylic acids is 1. The second kappa shape index (κ2) is 5.94. The Hall–Kier alpha value is -1.39. The molecular formula is C16H22N2O2. The minimum absolute atomic E-state index is 0.208. The van der Waals surface area contributed by atoms with E-state index in [2.05, 4.69) is 11.0 Å². The van der Waals surface area contributed by atoms with E-state index < -0.39 is 0 Å². The van der Waals surface area contributed by atoms with Gasteiger partial charge in [0.1, 0.15) is 0 Å². The van der Waals surface area contributed by atoms with Gasteiger partial charge in [-0.25, -0.2) is 0 Å². The Morgan fingerprint density at radius 2 is 2.15 bits per heavy atom. The molecular weight excluding hydrogens is 252 g/mol. The molecule has 1 unspecified atom stereocenters. The Balaban J connectivity index is 1.59. The molecule has 2 heterocycles. The maximum atomic E-state index is 12.5. The van der Waals surface area contributed by atoms with Crippen molar-refractivity contribution in [3.8, 4) is 0 Å². The van der Waals surface area contributed by atoms with Crippen LogP contribution in [-0.2, 0) is 11.2 Å². The predicted octanol–water partition coefficient (Wildman–Crippen LogP) is 1.28. The van der Waals surface area contributed by atoms with Gasteiger partial charge in [0, 0.05) is 25.4 Å². The molecule has 2 aliphatic rings. The van der Waals surface area contributed by atoms with Gasteiger partial charge in [0.15, 0.2) is 0 Å². The lowest BCUT2D eigenvalue weighted by Crippen LogP contribution is -2.38. The fraction of sp³-hybridized carbons (Fsp3) is 0.562. The number of benzene rings is 1. The standard InChI is InChI=1S/C16H22N2O2/c19-10-7-13-5-8-17(11-13)12-16(20)18-9-6-14-3-1-2-4-15(14)18/h1-4,13,19H,5-12H2. The zero-order valence-electron chi connectivity index (χ0n) is 11.8. The Morgan fingerprint density at radius 3 is 3.00 bits per heavy atom. The van der Waals surface area contributed by atoms with Crippen LogP contribution in [0.2, 0.25) is 0 Å². The van der Waals surface area contributed by atoms with Crippen LogP contribution in [0.1, 0.15) is 18.4 Å². The summed E-state index contributed by atoms with van der Waals surface area (Å²) in [5.41, 5.74) is 2.36. The smallest absolute Gasteiger partial charge is 0.241 e. The molecule has 0 aromatic heterocycles. The van der Waals surface area contributed by atoms with Crippen LogP contribution in [-0.4, -0.2) is 48.7 Å². The van der Waals surface area contributed by atoms with E-state index >= 15 is 0 Å². The van der Waals surface area contributed by atoms with Crippen LogP contribution in [0.15, 0.2) is 24.3 Å². The van der Waals surface area contributed by atoms with Crippen LogP contribution in [0, 0.1) is 5.92 Å². The molecule has 0 radical (unpaired) electrons. The van der Waals surface area contributed by atoms with E-state index in [-0.39, 0.29) is 12.5 Å². The maximum Gasteiger partial charge on any atom is 0.241 e. The number of para-hydroxylation sites is 1. The molecule has 0 spiro atoms. The van der Waals surface area contributed by atoms with Crippen molar-refractivity contribution in [3.63, 3.8) is 0 Å². The molecule has 1 fully saturated rings.